The Morgan fingerprint density at radius 3 is 2.47 bits per heavy atom. The van der Waals surface area contributed by atoms with E-state index in [1.807, 2.05) is 4.90 Å². The maximum absolute atomic E-state index is 13.4. The number of amides is 2. The third kappa shape index (κ3) is 7.62. The highest BCUT2D eigenvalue weighted by atomic mass is 32.2. The molecule has 0 saturated heterocycles. The van der Waals surface area contributed by atoms with Crippen LogP contribution in [0.2, 0.25) is 0 Å². The van der Waals surface area contributed by atoms with Gasteiger partial charge in [-0.25, -0.2) is 22.9 Å². The minimum Gasteiger partial charge on any atom is -0.481 e. The Morgan fingerprint density at radius 1 is 1.15 bits per heavy atom. The van der Waals surface area contributed by atoms with Crippen LogP contribution >= 0.6 is 11.3 Å². The number of nitrogens with zero attached hydrogens (tertiary/aromatic N) is 2. The minimum absolute atomic E-state index is 0.0639. The van der Waals surface area contributed by atoms with Crippen molar-refractivity contribution < 1.29 is 27.9 Å². The first-order valence-electron chi connectivity index (χ1n) is 12.2. The van der Waals surface area contributed by atoms with E-state index in [1.54, 1.807) is 0 Å². The van der Waals surface area contributed by atoms with Gasteiger partial charge in [-0.2, -0.15) is 0 Å². The smallest absolute Gasteiger partial charge is 0.324 e. The van der Waals surface area contributed by atoms with Crippen molar-refractivity contribution in [3.8, 4) is 0 Å². The standard InChI is InChI=1S/C22H36N4O6S2/c1-2-14-32-18-10-8-17(9-11-18)26(16-6-4-3-5-7-16)22(29)25-21-23-15-20(33-21)34(30,31)24-13-12-19(27)28/h15-18,24H,2-14H2,1H3,(H,27,28)(H,23,25,29). The van der Waals surface area contributed by atoms with Crippen LogP contribution in [0.4, 0.5) is 9.93 Å². The number of carboxylic acid groups (broad SMARTS) is 1. The van der Waals surface area contributed by atoms with Crippen LogP contribution in [-0.2, 0) is 19.6 Å². The van der Waals surface area contributed by atoms with Gasteiger partial charge < -0.3 is 14.7 Å². The quantitative estimate of drug-likeness (QED) is 0.407. The fourth-order valence-electron chi connectivity index (χ4n) is 4.72. The predicted molar refractivity (Wildman–Crippen MR) is 130 cm³/mol. The Balaban J connectivity index is 1.65. The summed E-state index contributed by atoms with van der Waals surface area (Å²) in [5, 5.41) is 11.7. The largest absolute Gasteiger partial charge is 0.481 e. The summed E-state index contributed by atoms with van der Waals surface area (Å²) in [5.41, 5.74) is 0. The summed E-state index contributed by atoms with van der Waals surface area (Å²) in [5.74, 6) is -1.09. The number of aliphatic carboxylic acids is 1. The first kappa shape index (κ1) is 26.8. The number of ether oxygens (including phenoxy) is 1. The van der Waals surface area contributed by atoms with Crippen LogP contribution in [0.3, 0.4) is 0 Å². The summed E-state index contributed by atoms with van der Waals surface area (Å²) >= 11 is 0.860. The number of carboxylic acids is 1. The summed E-state index contributed by atoms with van der Waals surface area (Å²) < 4.78 is 32.9. The molecule has 1 aromatic heterocycles. The van der Waals surface area contributed by atoms with Crippen molar-refractivity contribution in [3.05, 3.63) is 6.20 Å². The van der Waals surface area contributed by atoms with Crippen molar-refractivity contribution in [2.24, 2.45) is 0 Å². The molecule has 0 aromatic carbocycles. The number of thiazole rings is 1. The van der Waals surface area contributed by atoms with Crippen molar-refractivity contribution in [1.29, 1.82) is 0 Å². The molecule has 34 heavy (non-hydrogen) atoms. The number of aromatic nitrogens is 1. The van der Waals surface area contributed by atoms with Crippen molar-refractivity contribution in [3.63, 3.8) is 0 Å². The van der Waals surface area contributed by atoms with E-state index in [2.05, 4.69) is 21.9 Å². The maximum Gasteiger partial charge on any atom is 0.324 e. The van der Waals surface area contributed by atoms with Gasteiger partial charge >= 0.3 is 12.0 Å². The lowest BCUT2D eigenvalue weighted by molar-refractivity contribution is -0.136. The lowest BCUT2D eigenvalue weighted by Gasteiger charge is -2.42. The van der Waals surface area contributed by atoms with E-state index in [1.165, 1.54) is 12.6 Å². The average Bonchev–Trinajstić information content (AvgIpc) is 3.28. The van der Waals surface area contributed by atoms with E-state index in [4.69, 9.17) is 9.84 Å². The zero-order valence-electron chi connectivity index (χ0n) is 19.7. The second-order valence-electron chi connectivity index (χ2n) is 8.96. The second kappa shape index (κ2) is 12.8. The van der Waals surface area contributed by atoms with Gasteiger partial charge in [0, 0.05) is 25.2 Å². The van der Waals surface area contributed by atoms with Crippen LogP contribution in [0.25, 0.3) is 0 Å². The van der Waals surface area contributed by atoms with Crippen LogP contribution in [0.15, 0.2) is 10.4 Å². The van der Waals surface area contributed by atoms with Crippen LogP contribution in [0.1, 0.15) is 77.6 Å². The van der Waals surface area contributed by atoms with Crippen molar-refractivity contribution in [1.82, 2.24) is 14.6 Å². The SMILES string of the molecule is CCCOC1CCC(N(C(=O)Nc2ncc(S(=O)(=O)NCCC(=O)O)s2)C2CCCCC2)CC1. The molecule has 0 radical (unpaired) electrons. The molecular formula is C22H36N4O6S2. The summed E-state index contributed by atoms with van der Waals surface area (Å²) in [7, 11) is -3.88. The number of carbonyl (C=O) groups excluding carboxylic acids is 1. The highest BCUT2D eigenvalue weighted by Crippen LogP contribution is 2.32. The molecule has 192 valence electrons. The molecule has 1 aromatic rings. The molecule has 2 aliphatic rings. The Labute approximate surface area is 205 Å². The van der Waals surface area contributed by atoms with Gasteiger partial charge in [0.1, 0.15) is 0 Å². The Bertz CT molecular complexity index is 908. The molecule has 12 heteroatoms. The first-order chi connectivity index (χ1) is 16.3. The number of sulfonamides is 1. The molecule has 10 nitrogen and oxygen atoms in total. The fourth-order valence-corrected chi connectivity index (χ4v) is 6.82. The van der Waals surface area contributed by atoms with Crippen molar-refractivity contribution >= 4 is 38.5 Å². The van der Waals surface area contributed by atoms with E-state index < -0.39 is 16.0 Å². The van der Waals surface area contributed by atoms with Crippen molar-refractivity contribution in [2.75, 3.05) is 18.5 Å². The first-order valence-corrected chi connectivity index (χ1v) is 14.5. The van der Waals surface area contributed by atoms with Gasteiger partial charge in [-0.05, 0) is 44.9 Å². The summed E-state index contributed by atoms with van der Waals surface area (Å²) in [4.78, 5) is 30.1. The highest BCUT2D eigenvalue weighted by Gasteiger charge is 2.35. The molecule has 2 aliphatic carbocycles. The topological polar surface area (TPSA) is 138 Å². The summed E-state index contributed by atoms with van der Waals surface area (Å²) in [6.45, 7) is 2.65. The van der Waals surface area contributed by atoms with E-state index in [0.29, 0.717) is 0 Å². The molecule has 0 spiro atoms. The number of urea groups is 1. The van der Waals surface area contributed by atoms with E-state index in [9.17, 15) is 18.0 Å². The van der Waals surface area contributed by atoms with Gasteiger partial charge in [0.15, 0.2) is 9.34 Å². The van der Waals surface area contributed by atoms with Crippen LogP contribution in [0, 0.1) is 0 Å². The second-order valence-corrected chi connectivity index (χ2v) is 12.0. The summed E-state index contributed by atoms with van der Waals surface area (Å²) in [6.07, 6.45) is 11.1. The molecule has 2 amide bonds. The third-order valence-corrected chi connectivity index (χ3v) is 9.23. The normalized spacial score (nSPS) is 21.8. The number of rotatable bonds is 11. The summed E-state index contributed by atoms with van der Waals surface area (Å²) in [6, 6.07) is 0.0695. The molecule has 0 bridgehead atoms. The number of carbonyl (C=O) groups is 2. The molecular weight excluding hydrogens is 480 g/mol. The van der Waals surface area contributed by atoms with Gasteiger partial charge in [-0.15, -0.1) is 0 Å². The molecule has 2 saturated carbocycles. The molecule has 1 heterocycles. The molecule has 3 N–H and O–H groups in total. The lowest BCUT2D eigenvalue weighted by Crippen LogP contribution is -2.51. The van der Waals surface area contributed by atoms with Crippen LogP contribution < -0.4 is 10.0 Å². The zero-order valence-corrected chi connectivity index (χ0v) is 21.3. The Morgan fingerprint density at radius 2 is 1.82 bits per heavy atom. The van der Waals surface area contributed by atoms with E-state index in [0.717, 1.165) is 75.7 Å². The molecule has 3 rings (SSSR count). The van der Waals surface area contributed by atoms with E-state index in [-0.39, 0.29) is 46.5 Å². The predicted octanol–water partition coefficient (Wildman–Crippen LogP) is 3.80. The minimum atomic E-state index is -3.88. The zero-order chi connectivity index (χ0) is 24.6. The van der Waals surface area contributed by atoms with Gasteiger partial charge in [-0.1, -0.05) is 37.5 Å². The van der Waals surface area contributed by atoms with E-state index >= 15 is 0 Å². The number of hydrogen-bond donors (Lipinski definition) is 3. The maximum atomic E-state index is 13.4. The van der Waals surface area contributed by atoms with Gasteiger partial charge in [0.25, 0.3) is 10.0 Å². The van der Waals surface area contributed by atoms with Crippen LogP contribution in [0.5, 0.6) is 0 Å². The third-order valence-electron chi connectivity index (χ3n) is 6.39. The lowest BCUT2D eigenvalue weighted by atomic mass is 9.88. The highest BCUT2D eigenvalue weighted by molar-refractivity contribution is 7.91. The van der Waals surface area contributed by atoms with Crippen molar-refractivity contribution in [2.45, 2.75) is 99.9 Å². The molecule has 2 fully saturated rings. The van der Waals surface area contributed by atoms with Gasteiger partial charge in [0.2, 0.25) is 0 Å². The Kier molecular flexibility index (Phi) is 10.1. The number of hydrogen-bond acceptors (Lipinski definition) is 7. The number of nitrogens with one attached hydrogen (secondary N) is 2. The monoisotopic (exact) mass is 516 g/mol. The van der Waals surface area contributed by atoms with Gasteiger partial charge in [0.05, 0.1) is 18.7 Å². The van der Waals surface area contributed by atoms with Crippen LogP contribution in [-0.4, -0.2) is 66.7 Å². The molecule has 0 atom stereocenters. The molecule has 0 unspecified atom stereocenters. The Hall–Kier alpha value is -1.76. The van der Waals surface area contributed by atoms with Gasteiger partial charge in [-0.3, -0.25) is 10.1 Å². The fraction of sp³-hybridized carbons (Fsp3) is 0.773. The number of anilines is 1. The average molecular weight is 517 g/mol. The molecule has 0 aliphatic heterocycles.